The van der Waals surface area contributed by atoms with Gasteiger partial charge in [-0.2, -0.15) is 0 Å². The predicted molar refractivity (Wildman–Crippen MR) is 140 cm³/mol. The summed E-state index contributed by atoms with van der Waals surface area (Å²) in [6, 6.07) is 18.6. The van der Waals surface area contributed by atoms with Crippen molar-refractivity contribution in [3.63, 3.8) is 0 Å². The number of carbonyl (C=O) groups is 1. The first-order chi connectivity index (χ1) is 15.1. The number of benzene rings is 2. The van der Waals surface area contributed by atoms with E-state index in [-0.39, 0.29) is 29.9 Å². The summed E-state index contributed by atoms with van der Waals surface area (Å²) in [6.07, 6.45) is 2.54. The van der Waals surface area contributed by atoms with Crippen molar-refractivity contribution in [2.24, 2.45) is 16.6 Å². The molecule has 0 aromatic heterocycles. The maximum absolute atomic E-state index is 11.3. The highest BCUT2D eigenvalue weighted by Crippen LogP contribution is 2.19. The Hall–Kier alpha value is -2.13. The smallest absolute Gasteiger partial charge is 0.217 e. The molecule has 0 radical (unpaired) electrons. The first-order valence-electron chi connectivity index (χ1n) is 11.1. The standard InChI is InChI=1S/C25H34N4O2.HI/c1-2-27-25(29-13-7-12-22(17-29)15-24(26)30)28-16-21-10-6-11-23(14-21)19-31-18-20-8-4-3-5-9-20;/h3-6,8-11,14,22H,2,7,12-13,15-19H2,1H3,(H2,26,30)(H,27,28);1H. The fourth-order valence-electron chi connectivity index (χ4n) is 3.98. The molecule has 1 fully saturated rings. The summed E-state index contributed by atoms with van der Waals surface area (Å²) in [5.41, 5.74) is 8.88. The van der Waals surface area contributed by atoms with E-state index in [0.717, 1.165) is 49.6 Å². The number of nitrogens with one attached hydrogen (secondary N) is 1. The number of nitrogens with zero attached hydrogens (tertiary/aromatic N) is 2. The lowest BCUT2D eigenvalue weighted by Crippen LogP contribution is -2.47. The van der Waals surface area contributed by atoms with E-state index in [4.69, 9.17) is 15.5 Å². The van der Waals surface area contributed by atoms with Gasteiger partial charge in [0.05, 0.1) is 19.8 Å². The van der Waals surface area contributed by atoms with Gasteiger partial charge in [-0.3, -0.25) is 4.79 Å². The number of likely N-dealkylation sites (tertiary alicyclic amines) is 1. The molecule has 0 spiro atoms. The van der Waals surface area contributed by atoms with Gasteiger partial charge < -0.3 is 20.7 Å². The van der Waals surface area contributed by atoms with Crippen LogP contribution in [0.4, 0.5) is 0 Å². The zero-order valence-electron chi connectivity index (χ0n) is 18.8. The van der Waals surface area contributed by atoms with Crippen molar-refractivity contribution in [1.82, 2.24) is 10.2 Å². The van der Waals surface area contributed by atoms with Crippen LogP contribution in [0.15, 0.2) is 59.6 Å². The minimum absolute atomic E-state index is 0. The topological polar surface area (TPSA) is 80.0 Å². The second kappa shape index (κ2) is 14.1. The predicted octanol–water partition coefficient (Wildman–Crippen LogP) is 4.07. The van der Waals surface area contributed by atoms with Gasteiger partial charge in [0.25, 0.3) is 0 Å². The summed E-state index contributed by atoms with van der Waals surface area (Å²) >= 11 is 0. The van der Waals surface area contributed by atoms with E-state index in [2.05, 4.69) is 53.5 Å². The van der Waals surface area contributed by atoms with E-state index in [0.29, 0.717) is 32.1 Å². The fourth-order valence-corrected chi connectivity index (χ4v) is 3.98. The maximum Gasteiger partial charge on any atom is 0.217 e. The largest absolute Gasteiger partial charge is 0.372 e. The minimum Gasteiger partial charge on any atom is -0.372 e. The SMILES string of the molecule is CCNC(=NCc1cccc(COCc2ccccc2)c1)N1CCCC(CC(N)=O)C1.I. The summed E-state index contributed by atoms with van der Waals surface area (Å²) in [5.74, 6) is 0.989. The lowest BCUT2D eigenvalue weighted by molar-refractivity contribution is -0.119. The first kappa shape index (κ1) is 26.1. The van der Waals surface area contributed by atoms with Crippen LogP contribution in [0.5, 0.6) is 0 Å². The highest BCUT2D eigenvalue weighted by molar-refractivity contribution is 14.0. The molecule has 1 aliphatic heterocycles. The molecule has 0 aliphatic carbocycles. The van der Waals surface area contributed by atoms with Gasteiger partial charge in [0.15, 0.2) is 5.96 Å². The number of amides is 1. The first-order valence-corrected chi connectivity index (χ1v) is 11.1. The summed E-state index contributed by atoms with van der Waals surface area (Å²) in [6.45, 7) is 6.44. The number of guanidine groups is 1. The zero-order valence-corrected chi connectivity index (χ0v) is 21.2. The molecule has 1 amide bonds. The highest BCUT2D eigenvalue weighted by Gasteiger charge is 2.23. The number of rotatable bonds is 9. The molecule has 0 saturated carbocycles. The lowest BCUT2D eigenvalue weighted by Gasteiger charge is -2.34. The second-order valence-corrected chi connectivity index (χ2v) is 8.09. The Labute approximate surface area is 208 Å². The fraction of sp³-hybridized carbons (Fsp3) is 0.440. The van der Waals surface area contributed by atoms with Crippen LogP contribution in [0.25, 0.3) is 0 Å². The number of nitrogens with two attached hydrogens (primary N) is 1. The van der Waals surface area contributed by atoms with Gasteiger partial charge in [0.1, 0.15) is 0 Å². The number of carbonyl (C=O) groups excluding carboxylic acids is 1. The van der Waals surface area contributed by atoms with Crippen LogP contribution < -0.4 is 11.1 Å². The molecular weight excluding hydrogens is 515 g/mol. The van der Waals surface area contributed by atoms with Gasteiger partial charge in [-0.1, -0.05) is 54.6 Å². The van der Waals surface area contributed by atoms with Gasteiger partial charge in [0, 0.05) is 26.1 Å². The minimum atomic E-state index is -0.222. The quantitative estimate of drug-likeness (QED) is 0.280. The molecule has 6 nitrogen and oxygen atoms in total. The third kappa shape index (κ3) is 8.78. The van der Waals surface area contributed by atoms with E-state index in [1.165, 1.54) is 5.56 Å². The van der Waals surface area contributed by atoms with Crippen LogP contribution in [0.2, 0.25) is 0 Å². The number of hydrogen-bond acceptors (Lipinski definition) is 3. The lowest BCUT2D eigenvalue weighted by atomic mass is 9.95. The van der Waals surface area contributed by atoms with Crippen molar-refractivity contribution < 1.29 is 9.53 Å². The van der Waals surface area contributed by atoms with Gasteiger partial charge in [0.2, 0.25) is 5.91 Å². The Morgan fingerprint density at radius 2 is 1.84 bits per heavy atom. The molecule has 1 heterocycles. The molecule has 0 bridgehead atoms. The van der Waals surface area contributed by atoms with Crippen molar-refractivity contribution >= 4 is 35.8 Å². The molecule has 1 atom stereocenters. The molecule has 174 valence electrons. The van der Waals surface area contributed by atoms with E-state index in [1.807, 2.05) is 18.2 Å². The molecule has 1 aliphatic rings. The van der Waals surface area contributed by atoms with Crippen LogP contribution in [0, 0.1) is 5.92 Å². The van der Waals surface area contributed by atoms with Gasteiger partial charge >= 0.3 is 0 Å². The Morgan fingerprint density at radius 1 is 1.12 bits per heavy atom. The summed E-state index contributed by atoms with van der Waals surface area (Å²) in [7, 11) is 0. The molecule has 32 heavy (non-hydrogen) atoms. The summed E-state index contributed by atoms with van der Waals surface area (Å²) < 4.78 is 5.87. The van der Waals surface area contributed by atoms with Crippen molar-refractivity contribution in [1.29, 1.82) is 0 Å². The normalized spacial score (nSPS) is 16.3. The van der Waals surface area contributed by atoms with E-state index < -0.39 is 0 Å². The Morgan fingerprint density at radius 3 is 2.59 bits per heavy atom. The number of halogens is 1. The van der Waals surface area contributed by atoms with E-state index in [1.54, 1.807) is 0 Å². The molecule has 3 rings (SSSR count). The molecule has 3 N–H and O–H groups in total. The van der Waals surface area contributed by atoms with E-state index >= 15 is 0 Å². The molecule has 1 unspecified atom stereocenters. The second-order valence-electron chi connectivity index (χ2n) is 8.09. The van der Waals surface area contributed by atoms with Crippen molar-refractivity contribution in [3.8, 4) is 0 Å². The van der Waals surface area contributed by atoms with Crippen molar-refractivity contribution in [3.05, 3.63) is 71.3 Å². The van der Waals surface area contributed by atoms with Crippen LogP contribution in [0.1, 0.15) is 42.9 Å². The molecule has 2 aromatic carbocycles. The van der Waals surface area contributed by atoms with Gasteiger partial charge in [-0.05, 0) is 42.4 Å². The maximum atomic E-state index is 11.3. The van der Waals surface area contributed by atoms with Crippen LogP contribution in [-0.2, 0) is 29.3 Å². The monoisotopic (exact) mass is 550 g/mol. The molecule has 2 aromatic rings. The Kier molecular flexibility index (Phi) is 11.5. The average Bonchev–Trinajstić information content (AvgIpc) is 2.77. The number of piperidine rings is 1. The van der Waals surface area contributed by atoms with Crippen molar-refractivity contribution in [2.75, 3.05) is 19.6 Å². The highest BCUT2D eigenvalue weighted by atomic mass is 127. The Bertz CT molecular complexity index is 860. The van der Waals surface area contributed by atoms with Crippen LogP contribution in [-0.4, -0.2) is 36.4 Å². The van der Waals surface area contributed by atoms with Crippen molar-refractivity contribution in [2.45, 2.75) is 45.9 Å². The molecular formula is C25H35IN4O2. The third-order valence-electron chi connectivity index (χ3n) is 5.43. The van der Waals surface area contributed by atoms with E-state index in [9.17, 15) is 4.79 Å². The average molecular weight is 550 g/mol. The number of aliphatic imine (C=N–C) groups is 1. The summed E-state index contributed by atoms with van der Waals surface area (Å²) in [5, 5.41) is 3.40. The summed E-state index contributed by atoms with van der Waals surface area (Å²) in [4.78, 5) is 18.4. The number of primary amides is 1. The molecule has 7 heteroatoms. The molecule has 1 saturated heterocycles. The number of ether oxygens (including phenoxy) is 1. The van der Waals surface area contributed by atoms with Crippen LogP contribution in [0.3, 0.4) is 0 Å². The Balaban J connectivity index is 0.00000363. The number of hydrogen-bond donors (Lipinski definition) is 2. The third-order valence-corrected chi connectivity index (χ3v) is 5.43. The van der Waals surface area contributed by atoms with Gasteiger partial charge in [-0.25, -0.2) is 4.99 Å². The van der Waals surface area contributed by atoms with Gasteiger partial charge in [-0.15, -0.1) is 24.0 Å². The van der Waals surface area contributed by atoms with Crippen LogP contribution >= 0.6 is 24.0 Å². The zero-order chi connectivity index (χ0) is 21.9.